The zero-order valence-corrected chi connectivity index (χ0v) is 12.9. The number of hydrogen-bond donors (Lipinski definition) is 1. The number of aryl methyl sites for hydroxylation is 2. The molecule has 0 radical (unpaired) electrons. The molecule has 2 aromatic heterocycles. The maximum absolute atomic E-state index is 6.02. The van der Waals surface area contributed by atoms with Crippen LogP contribution < -0.4 is 5.32 Å². The van der Waals surface area contributed by atoms with Crippen molar-refractivity contribution in [2.45, 2.75) is 26.3 Å². The van der Waals surface area contributed by atoms with Gasteiger partial charge < -0.3 is 9.73 Å². The molecule has 0 fully saturated rings. The second-order valence-electron chi connectivity index (χ2n) is 5.07. The van der Waals surface area contributed by atoms with E-state index in [4.69, 9.17) is 4.42 Å². The second-order valence-corrected chi connectivity index (χ2v) is 6.27. The largest absolute Gasteiger partial charge is 0.459 e. The SMILES string of the molecule is CCc1ccc(C(NC)c2cc3cc(C)ccc3o2)s1. The van der Waals surface area contributed by atoms with Crippen molar-refractivity contribution in [1.29, 1.82) is 0 Å². The number of rotatable bonds is 4. The van der Waals surface area contributed by atoms with Gasteiger partial charge in [0.25, 0.3) is 0 Å². The minimum Gasteiger partial charge on any atom is -0.459 e. The number of fused-ring (bicyclic) bond motifs is 1. The summed E-state index contributed by atoms with van der Waals surface area (Å²) in [6, 6.07) is 13.0. The fourth-order valence-electron chi connectivity index (χ4n) is 2.49. The molecule has 0 aliphatic carbocycles. The third-order valence-electron chi connectivity index (χ3n) is 3.58. The summed E-state index contributed by atoms with van der Waals surface area (Å²) in [6.45, 7) is 4.29. The molecule has 1 N–H and O–H groups in total. The molecule has 1 aromatic carbocycles. The van der Waals surface area contributed by atoms with Gasteiger partial charge in [0.05, 0.1) is 0 Å². The van der Waals surface area contributed by atoms with Crippen LogP contribution in [0.3, 0.4) is 0 Å². The molecule has 104 valence electrons. The fraction of sp³-hybridized carbons (Fsp3) is 0.294. The van der Waals surface area contributed by atoms with Crippen molar-refractivity contribution in [3.05, 3.63) is 57.5 Å². The second kappa shape index (κ2) is 5.43. The smallest absolute Gasteiger partial charge is 0.134 e. The third kappa shape index (κ3) is 2.39. The quantitative estimate of drug-likeness (QED) is 0.753. The molecule has 0 aliphatic rings. The molecule has 20 heavy (non-hydrogen) atoms. The summed E-state index contributed by atoms with van der Waals surface area (Å²) >= 11 is 1.85. The Kier molecular flexibility index (Phi) is 3.64. The van der Waals surface area contributed by atoms with Gasteiger partial charge in [0, 0.05) is 15.1 Å². The fourth-order valence-corrected chi connectivity index (χ4v) is 3.56. The molecule has 0 amide bonds. The molecular formula is C17H19NOS. The lowest BCUT2D eigenvalue weighted by molar-refractivity contribution is 0.495. The van der Waals surface area contributed by atoms with Crippen LogP contribution in [0.4, 0.5) is 0 Å². The van der Waals surface area contributed by atoms with E-state index in [1.807, 2.05) is 24.5 Å². The van der Waals surface area contributed by atoms with Gasteiger partial charge in [-0.1, -0.05) is 18.6 Å². The standard InChI is InChI=1S/C17H19NOS/c1-4-13-6-8-16(20-13)17(18-3)15-10-12-9-11(2)5-7-14(12)19-15/h5-10,17-18H,4H2,1-3H3. The van der Waals surface area contributed by atoms with Crippen LogP contribution in [0.2, 0.25) is 0 Å². The van der Waals surface area contributed by atoms with Gasteiger partial charge in [0.1, 0.15) is 17.4 Å². The molecule has 0 spiro atoms. The predicted molar refractivity (Wildman–Crippen MR) is 85.6 cm³/mol. The van der Waals surface area contributed by atoms with Crippen molar-refractivity contribution >= 4 is 22.3 Å². The van der Waals surface area contributed by atoms with E-state index in [9.17, 15) is 0 Å². The Morgan fingerprint density at radius 2 is 2.05 bits per heavy atom. The highest BCUT2D eigenvalue weighted by Crippen LogP contribution is 2.32. The summed E-state index contributed by atoms with van der Waals surface area (Å²) in [4.78, 5) is 2.72. The predicted octanol–water partition coefficient (Wildman–Crippen LogP) is 4.67. The molecule has 3 heteroatoms. The molecule has 1 unspecified atom stereocenters. The van der Waals surface area contributed by atoms with Crippen LogP contribution in [0.1, 0.15) is 34.0 Å². The first-order valence-corrected chi connectivity index (χ1v) is 7.79. The first-order chi connectivity index (χ1) is 9.71. The molecule has 0 saturated carbocycles. The summed E-state index contributed by atoms with van der Waals surface area (Å²) in [5, 5.41) is 4.54. The molecule has 2 heterocycles. The van der Waals surface area contributed by atoms with Crippen LogP contribution >= 0.6 is 11.3 Å². The zero-order valence-electron chi connectivity index (χ0n) is 12.1. The molecule has 1 atom stereocenters. The Balaban J connectivity index is 2.02. The lowest BCUT2D eigenvalue weighted by Crippen LogP contribution is -2.15. The number of furan rings is 1. The van der Waals surface area contributed by atoms with E-state index < -0.39 is 0 Å². The van der Waals surface area contributed by atoms with Crippen LogP contribution in [-0.2, 0) is 6.42 Å². The molecule has 2 nitrogen and oxygen atoms in total. The summed E-state index contributed by atoms with van der Waals surface area (Å²) < 4.78 is 6.02. The minimum absolute atomic E-state index is 0.132. The van der Waals surface area contributed by atoms with Gasteiger partial charge in [-0.25, -0.2) is 0 Å². The number of nitrogens with one attached hydrogen (secondary N) is 1. The maximum Gasteiger partial charge on any atom is 0.134 e. The maximum atomic E-state index is 6.02. The van der Waals surface area contributed by atoms with Crippen LogP contribution in [-0.4, -0.2) is 7.05 Å². The van der Waals surface area contributed by atoms with Crippen LogP contribution in [0.15, 0.2) is 40.8 Å². The molecule has 3 aromatic rings. The Morgan fingerprint density at radius 3 is 2.75 bits per heavy atom. The van der Waals surface area contributed by atoms with Gasteiger partial charge in [-0.05, 0) is 50.7 Å². The van der Waals surface area contributed by atoms with Gasteiger partial charge in [-0.3, -0.25) is 0 Å². The lowest BCUT2D eigenvalue weighted by atomic mass is 10.1. The Morgan fingerprint density at radius 1 is 1.20 bits per heavy atom. The van der Waals surface area contributed by atoms with E-state index in [0.717, 1.165) is 17.8 Å². The first-order valence-electron chi connectivity index (χ1n) is 6.97. The van der Waals surface area contributed by atoms with Gasteiger partial charge in [-0.2, -0.15) is 0 Å². The third-order valence-corrected chi connectivity index (χ3v) is 4.87. The molecule has 0 bridgehead atoms. The summed E-state index contributed by atoms with van der Waals surface area (Å²) in [6.07, 6.45) is 1.08. The Labute approximate surface area is 123 Å². The van der Waals surface area contributed by atoms with Crippen LogP contribution in [0.25, 0.3) is 11.0 Å². The first kappa shape index (κ1) is 13.4. The van der Waals surface area contributed by atoms with Crippen molar-refractivity contribution < 1.29 is 4.42 Å². The normalized spacial score (nSPS) is 12.9. The summed E-state index contributed by atoms with van der Waals surface area (Å²) in [7, 11) is 1.98. The van der Waals surface area contributed by atoms with E-state index >= 15 is 0 Å². The van der Waals surface area contributed by atoms with Crippen molar-refractivity contribution in [3.63, 3.8) is 0 Å². The van der Waals surface area contributed by atoms with Crippen LogP contribution in [0, 0.1) is 6.92 Å². The molecule has 3 rings (SSSR count). The zero-order chi connectivity index (χ0) is 14.1. The summed E-state index contributed by atoms with van der Waals surface area (Å²) in [5.74, 6) is 0.984. The number of thiophene rings is 1. The van der Waals surface area contributed by atoms with Crippen molar-refractivity contribution in [3.8, 4) is 0 Å². The average Bonchev–Trinajstić information content (AvgIpc) is 3.06. The van der Waals surface area contributed by atoms with E-state index in [1.165, 1.54) is 20.7 Å². The molecular weight excluding hydrogens is 266 g/mol. The molecule has 0 aliphatic heterocycles. The van der Waals surface area contributed by atoms with E-state index in [1.54, 1.807) is 0 Å². The monoisotopic (exact) mass is 285 g/mol. The van der Waals surface area contributed by atoms with E-state index in [2.05, 4.69) is 49.5 Å². The van der Waals surface area contributed by atoms with Gasteiger partial charge >= 0.3 is 0 Å². The summed E-state index contributed by atoms with van der Waals surface area (Å²) in [5.41, 5.74) is 2.22. The highest BCUT2D eigenvalue weighted by Gasteiger charge is 2.18. The highest BCUT2D eigenvalue weighted by molar-refractivity contribution is 7.12. The van der Waals surface area contributed by atoms with Crippen molar-refractivity contribution in [2.24, 2.45) is 0 Å². The molecule has 0 saturated heterocycles. The highest BCUT2D eigenvalue weighted by atomic mass is 32.1. The Bertz CT molecular complexity index is 726. The lowest BCUT2D eigenvalue weighted by Gasteiger charge is -2.11. The average molecular weight is 285 g/mol. The minimum atomic E-state index is 0.132. The Hall–Kier alpha value is -1.58. The van der Waals surface area contributed by atoms with Gasteiger partial charge in [0.2, 0.25) is 0 Å². The van der Waals surface area contributed by atoms with E-state index in [0.29, 0.717) is 0 Å². The van der Waals surface area contributed by atoms with Crippen molar-refractivity contribution in [1.82, 2.24) is 5.32 Å². The van der Waals surface area contributed by atoms with Gasteiger partial charge in [0.15, 0.2) is 0 Å². The van der Waals surface area contributed by atoms with Gasteiger partial charge in [-0.15, -0.1) is 11.3 Å². The number of benzene rings is 1. The number of hydrogen-bond acceptors (Lipinski definition) is 3. The van der Waals surface area contributed by atoms with Crippen LogP contribution in [0.5, 0.6) is 0 Å². The van der Waals surface area contributed by atoms with E-state index in [-0.39, 0.29) is 6.04 Å². The topological polar surface area (TPSA) is 25.2 Å². The van der Waals surface area contributed by atoms with Crippen molar-refractivity contribution in [2.75, 3.05) is 7.05 Å².